The number of nitrogens with one attached hydrogen (secondary N) is 1. The Labute approximate surface area is 117 Å². The number of ether oxygens (including phenoxy) is 1. The minimum Gasteiger partial charge on any atom is -0.482 e. The van der Waals surface area contributed by atoms with Crippen molar-refractivity contribution in [1.82, 2.24) is 4.98 Å². The maximum atomic E-state index is 11.5. The first-order valence-electron chi connectivity index (χ1n) is 7.30. The highest BCUT2D eigenvalue weighted by Gasteiger charge is 2.34. The largest absolute Gasteiger partial charge is 0.482 e. The van der Waals surface area contributed by atoms with Crippen LogP contribution in [0.2, 0.25) is 0 Å². The second-order valence-corrected chi connectivity index (χ2v) is 5.83. The van der Waals surface area contributed by atoms with Gasteiger partial charge in [-0.1, -0.05) is 6.42 Å². The second-order valence-electron chi connectivity index (χ2n) is 5.83. The van der Waals surface area contributed by atoms with Gasteiger partial charge >= 0.3 is 0 Å². The van der Waals surface area contributed by atoms with E-state index in [0.717, 1.165) is 35.1 Å². The van der Waals surface area contributed by atoms with Crippen LogP contribution in [-0.4, -0.2) is 10.6 Å². The molecule has 2 heterocycles. The van der Waals surface area contributed by atoms with Crippen molar-refractivity contribution < 1.29 is 4.74 Å². The van der Waals surface area contributed by atoms with Crippen LogP contribution >= 0.6 is 0 Å². The first kappa shape index (κ1) is 11.8. The van der Waals surface area contributed by atoms with Crippen molar-refractivity contribution in [2.45, 2.75) is 37.7 Å². The summed E-state index contributed by atoms with van der Waals surface area (Å²) in [7, 11) is 0. The monoisotopic (exact) mass is 267 g/mol. The summed E-state index contributed by atoms with van der Waals surface area (Å²) in [6, 6.07) is 7.45. The Hall–Kier alpha value is -2.03. The topological polar surface area (TPSA) is 42.1 Å². The number of H-pyrrole nitrogens is 1. The summed E-state index contributed by atoms with van der Waals surface area (Å²) in [6.07, 6.45) is 10.3. The van der Waals surface area contributed by atoms with Crippen LogP contribution in [-0.2, 0) is 0 Å². The Kier molecular flexibility index (Phi) is 2.49. The molecule has 1 fully saturated rings. The predicted octanol–water partition coefficient (Wildman–Crippen LogP) is 3.64. The lowest BCUT2D eigenvalue weighted by atomic mass is 9.82. The van der Waals surface area contributed by atoms with Crippen molar-refractivity contribution in [2.75, 3.05) is 0 Å². The highest BCUT2D eigenvalue weighted by Crippen LogP contribution is 2.41. The Morgan fingerprint density at radius 3 is 2.70 bits per heavy atom. The molecular formula is C17H17NO2. The van der Waals surface area contributed by atoms with Gasteiger partial charge in [-0.05, 0) is 61.4 Å². The molecule has 1 aliphatic heterocycles. The molecule has 1 aromatic heterocycles. The number of fused-ring (bicyclic) bond motifs is 3. The van der Waals surface area contributed by atoms with Crippen LogP contribution in [0, 0.1) is 0 Å². The molecule has 0 amide bonds. The zero-order valence-electron chi connectivity index (χ0n) is 11.3. The number of aromatic amines is 1. The summed E-state index contributed by atoms with van der Waals surface area (Å²) in [4.78, 5) is 14.5. The van der Waals surface area contributed by atoms with Crippen LogP contribution in [0.25, 0.3) is 17.0 Å². The lowest BCUT2D eigenvalue weighted by molar-refractivity contribution is 0.0755. The number of hydrogen-bond donors (Lipinski definition) is 1. The van der Waals surface area contributed by atoms with E-state index >= 15 is 0 Å². The molecule has 4 rings (SSSR count). The molecule has 3 nitrogen and oxygen atoms in total. The van der Waals surface area contributed by atoms with Crippen molar-refractivity contribution in [1.29, 1.82) is 0 Å². The van der Waals surface area contributed by atoms with Crippen molar-refractivity contribution in [3.8, 4) is 5.75 Å². The van der Waals surface area contributed by atoms with E-state index in [1.165, 1.54) is 19.3 Å². The summed E-state index contributed by atoms with van der Waals surface area (Å²) >= 11 is 0. The molecule has 1 aliphatic carbocycles. The fourth-order valence-corrected chi connectivity index (χ4v) is 3.39. The van der Waals surface area contributed by atoms with E-state index in [9.17, 15) is 4.79 Å². The summed E-state index contributed by atoms with van der Waals surface area (Å²) in [5.41, 5.74) is 1.68. The molecule has 0 saturated heterocycles. The quantitative estimate of drug-likeness (QED) is 0.792. The molecular weight excluding hydrogens is 250 g/mol. The number of benzene rings is 1. The van der Waals surface area contributed by atoms with Crippen LogP contribution in [0.5, 0.6) is 5.75 Å². The van der Waals surface area contributed by atoms with Gasteiger partial charge in [-0.3, -0.25) is 4.79 Å². The molecule has 1 aromatic carbocycles. The fourth-order valence-electron chi connectivity index (χ4n) is 3.39. The Morgan fingerprint density at radius 1 is 1.05 bits per heavy atom. The Balaban J connectivity index is 1.86. The number of aromatic nitrogens is 1. The van der Waals surface area contributed by atoms with E-state index in [1.54, 1.807) is 6.07 Å². The van der Waals surface area contributed by atoms with Gasteiger partial charge in [-0.25, -0.2) is 0 Å². The summed E-state index contributed by atoms with van der Waals surface area (Å²) in [5, 5.41) is 1.04. The van der Waals surface area contributed by atoms with Crippen molar-refractivity contribution in [3.05, 3.63) is 46.3 Å². The maximum absolute atomic E-state index is 11.5. The minimum absolute atomic E-state index is 0.0720. The summed E-state index contributed by atoms with van der Waals surface area (Å²) < 4.78 is 6.30. The predicted molar refractivity (Wildman–Crippen MR) is 80.0 cm³/mol. The Morgan fingerprint density at radius 2 is 1.85 bits per heavy atom. The molecule has 102 valence electrons. The highest BCUT2D eigenvalue weighted by atomic mass is 16.5. The van der Waals surface area contributed by atoms with Gasteiger partial charge in [0.05, 0.1) is 5.52 Å². The SMILES string of the molecule is O=c1ccc2ccc3c(c2[nH]1)C=CC1(CCCCC1)O3. The average molecular weight is 267 g/mol. The summed E-state index contributed by atoms with van der Waals surface area (Å²) in [5.74, 6) is 0.892. The number of hydrogen-bond acceptors (Lipinski definition) is 2. The van der Waals surface area contributed by atoms with E-state index in [0.29, 0.717) is 0 Å². The van der Waals surface area contributed by atoms with E-state index in [-0.39, 0.29) is 11.2 Å². The van der Waals surface area contributed by atoms with Gasteiger partial charge in [-0.15, -0.1) is 0 Å². The van der Waals surface area contributed by atoms with Gasteiger partial charge in [-0.2, -0.15) is 0 Å². The van der Waals surface area contributed by atoms with Crippen molar-refractivity contribution in [3.63, 3.8) is 0 Å². The molecule has 0 unspecified atom stereocenters. The third-order valence-corrected chi connectivity index (χ3v) is 4.47. The third-order valence-electron chi connectivity index (χ3n) is 4.47. The van der Waals surface area contributed by atoms with Crippen LogP contribution < -0.4 is 10.3 Å². The molecule has 2 aromatic rings. The van der Waals surface area contributed by atoms with Gasteiger partial charge in [0.25, 0.3) is 0 Å². The van der Waals surface area contributed by atoms with Crippen LogP contribution in [0.4, 0.5) is 0 Å². The molecule has 0 radical (unpaired) electrons. The van der Waals surface area contributed by atoms with Gasteiger partial charge < -0.3 is 9.72 Å². The molecule has 3 heteroatoms. The van der Waals surface area contributed by atoms with E-state index in [1.807, 2.05) is 18.2 Å². The standard InChI is InChI=1S/C17H17NO2/c19-15-7-5-12-4-6-14-13(16(12)18-15)8-11-17(20-14)9-2-1-3-10-17/h4-8,11H,1-3,9-10H2,(H,18,19). The first-order chi connectivity index (χ1) is 9.76. The lowest BCUT2D eigenvalue weighted by Gasteiger charge is -2.38. The molecule has 1 N–H and O–H groups in total. The van der Waals surface area contributed by atoms with Crippen LogP contribution in [0.1, 0.15) is 37.7 Å². The van der Waals surface area contributed by atoms with E-state index in [4.69, 9.17) is 4.74 Å². The first-order valence-corrected chi connectivity index (χ1v) is 7.30. The fraction of sp³-hybridized carbons (Fsp3) is 0.353. The van der Waals surface area contributed by atoms with E-state index in [2.05, 4.69) is 17.1 Å². The van der Waals surface area contributed by atoms with Crippen molar-refractivity contribution >= 4 is 17.0 Å². The molecule has 0 bridgehead atoms. The van der Waals surface area contributed by atoms with Crippen LogP contribution in [0.3, 0.4) is 0 Å². The minimum atomic E-state index is -0.117. The van der Waals surface area contributed by atoms with Crippen LogP contribution in [0.15, 0.2) is 35.1 Å². The average Bonchev–Trinajstić information content (AvgIpc) is 2.47. The highest BCUT2D eigenvalue weighted by molar-refractivity contribution is 5.90. The number of rotatable bonds is 0. The molecule has 1 spiro atoms. The second kappa shape index (κ2) is 4.23. The normalized spacial score (nSPS) is 19.8. The maximum Gasteiger partial charge on any atom is 0.248 e. The lowest BCUT2D eigenvalue weighted by Crippen LogP contribution is -2.37. The van der Waals surface area contributed by atoms with Gasteiger partial charge in [0, 0.05) is 11.6 Å². The van der Waals surface area contributed by atoms with Gasteiger partial charge in [0.2, 0.25) is 5.56 Å². The van der Waals surface area contributed by atoms with Gasteiger partial charge in [0.15, 0.2) is 0 Å². The van der Waals surface area contributed by atoms with E-state index < -0.39 is 0 Å². The Bertz CT molecular complexity index is 751. The summed E-state index contributed by atoms with van der Waals surface area (Å²) in [6.45, 7) is 0. The molecule has 2 aliphatic rings. The molecule has 20 heavy (non-hydrogen) atoms. The molecule has 0 atom stereocenters. The third kappa shape index (κ3) is 1.77. The molecule has 1 saturated carbocycles. The van der Waals surface area contributed by atoms with Gasteiger partial charge in [0.1, 0.15) is 11.4 Å². The number of pyridine rings is 1. The smallest absolute Gasteiger partial charge is 0.248 e. The zero-order chi connectivity index (χ0) is 13.6. The zero-order valence-corrected chi connectivity index (χ0v) is 11.3. The van der Waals surface area contributed by atoms with Crippen molar-refractivity contribution in [2.24, 2.45) is 0 Å².